The molecule has 3 N–H and O–H groups in total. The summed E-state index contributed by atoms with van der Waals surface area (Å²) in [7, 11) is 0. The Morgan fingerprint density at radius 3 is 2.67 bits per heavy atom. The van der Waals surface area contributed by atoms with Crippen LogP contribution in [0, 0.1) is 0 Å². The summed E-state index contributed by atoms with van der Waals surface area (Å²) < 4.78 is 1.03. The van der Waals surface area contributed by atoms with Crippen LogP contribution in [0.15, 0.2) is 22.7 Å². The fourth-order valence-electron chi connectivity index (χ4n) is 1.05. The molecule has 0 unspecified atom stereocenters. The van der Waals surface area contributed by atoms with Crippen LogP contribution >= 0.6 is 15.9 Å². The average Bonchev–Trinajstić information content (AvgIpc) is 2.09. The van der Waals surface area contributed by atoms with Gasteiger partial charge in [-0.15, -0.1) is 0 Å². The SMILES string of the molecule is NCCc1ccc(CO)cc1Br. The molecule has 0 amide bonds. The van der Waals surface area contributed by atoms with Crippen molar-refractivity contribution in [2.45, 2.75) is 13.0 Å². The lowest BCUT2D eigenvalue weighted by atomic mass is 10.1. The number of halogens is 1. The molecular formula is C9H12BrNO. The lowest BCUT2D eigenvalue weighted by molar-refractivity contribution is 0.281. The summed E-state index contributed by atoms with van der Waals surface area (Å²) in [6, 6.07) is 5.82. The summed E-state index contributed by atoms with van der Waals surface area (Å²) >= 11 is 3.42. The molecule has 0 bridgehead atoms. The molecule has 0 saturated heterocycles. The van der Waals surface area contributed by atoms with Gasteiger partial charge >= 0.3 is 0 Å². The number of hydrogen-bond acceptors (Lipinski definition) is 2. The normalized spacial score (nSPS) is 10.2. The van der Waals surface area contributed by atoms with Crippen molar-refractivity contribution >= 4 is 15.9 Å². The second kappa shape index (κ2) is 4.60. The van der Waals surface area contributed by atoms with Gasteiger partial charge in [0.1, 0.15) is 0 Å². The Morgan fingerprint density at radius 1 is 1.42 bits per heavy atom. The van der Waals surface area contributed by atoms with E-state index in [1.54, 1.807) is 0 Å². The number of hydrogen-bond donors (Lipinski definition) is 2. The fourth-order valence-corrected chi connectivity index (χ4v) is 1.67. The largest absolute Gasteiger partial charge is 0.392 e. The van der Waals surface area contributed by atoms with Gasteiger partial charge < -0.3 is 10.8 Å². The Balaban J connectivity index is 2.87. The molecule has 2 nitrogen and oxygen atoms in total. The second-order valence-corrected chi connectivity index (χ2v) is 3.48. The Labute approximate surface area is 80.5 Å². The third kappa shape index (κ3) is 2.30. The van der Waals surface area contributed by atoms with Crippen LogP contribution in [0.5, 0.6) is 0 Å². The Bertz CT molecular complexity index is 263. The number of aliphatic hydroxyl groups is 1. The van der Waals surface area contributed by atoms with Crippen LogP contribution in [-0.2, 0) is 13.0 Å². The van der Waals surface area contributed by atoms with Gasteiger partial charge in [-0.2, -0.15) is 0 Å². The highest BCUT2D eigenvalue weighted by Crippen LogP contribution is 2.18. The standard InChI is InChI=1S/C9H12BrNO/c10-9-5-7(6-12)1-2-8(9)3-4-11/h1-2,5,12H,3-4,6,11H2. The topological polar surface area (TPSA) is 46.2 Å². The van der Waals surface area contributed by atoms with Gasteiger partial charge in [0.15, 0.2) is 0 Å². The molecule has 0 aromatic heterocycles. The molecule has 1 rings (SSSR count). The Morgan fingerprint density at radius 2 is 2.17 bits per heavy atom. The van der Waals surface area contributed by atoms with Crippen molar-refractivity contribution in [1.29, 1.82) is 0 Å². The quantitative estimate of drug-likeness (QED) is 0.825. The van der Waals surface area contributed by atoms with Gasteiger partial charge in [-0.1, -0.05) is 28.1 Å². The maximum atomic E-state index is 8.84. The Kier molecular flexibility index (Phi) is 3.72. The minimum absolute atomic E-state index is 0.0848. The number of nitrogens with two attached hydrogens (primary N) is 1. The molecule has 1 aromatic carbocycles. The van der Waals surface area contributed by atoms with Gasteiger partial charge in [0.25, 0.3) is 0 Å². The first kappa shape index (κ1) is 9.71. The van der Waals surface area contributed by atoms with E-state index in [-0.39, 0.29) is 6.61 Å². The highest BCUT2D eigenvalue weighted by atomic mass is 79.9. The molecule has 0 aliphatic heterocycles. The van der Waals surface area contributed by atoms with E-state index in [2.05, 4.69) is 15.9 Å². The zero-order valence-electron chi connectivity index (χ0n) is 6.76. The van der Waals surface area contributed by atoms with Crippen LogP contribution in [-0.4, -0.2) is 11.7 Å². The van der Waals surface area contributed by atoms with Crippen molar-refractivity contribution in [3.05, 3.63) is 33.8 Å². The predicted octanol–water partition coefficient (Wildman–Crippen LogP) is 1.44. The van der Waals surface area contributed by atoms with E-state index in [1.807, 2.05) is 18.2 Å². The molecule has 0 aliphatic carbocycles. The molecule has 66 valence electrons. The van der Waals surface area contributed by atoms with Crippen molar-refractivity contribution in [3.63, 3.8) is 0 Å². The van der Waals surface area contributed by atoms with E-state index in [4.69, 9.17) is 10.8 Å². The molecule has 0 heterocycles. The first-order valence-electron chi connectivity index (χ1n) is 3.86. The third-order valence-electron chi connectivity index (χ3n) is 1.71. The number of aliphatic hydroxyl groups excluding tert-OH is 1. The minimum Gasteiger partial charge on any atom is -0.392 e. The van der Waals surface area contributed by atoms with E-state index in [0.717, 1.165) is 16.5 Å². The van der Waals surface area contributed by atoms with Crippen LogP contribution < -0.4 is 5.73 Å². The van der Waals surface area contributed by atoms with Crippen molar-refractivity contribution in [2.24, 2.45) is 5.73 Å². The molecule has 3 heteroatoms. The van der Waals surface area contributed by atoms with Crippen molar-refractivity contribution in [1.82, 2.24) is 0 Å². The summed E-state index contributed by atoms with van der Waals surface area (Å²) in [5, 5.41) is 8.84. The fraction of sp³-hybridized carbons (Fsp3) is 0.333. The number of benzene rings is 1. The van der Waals surface area contributed by atoms with Crippen LogP contribution in [0.1, 0.15) is 11.1 Å². The molecule has 1 aromatic rings. The van der Waals surface area contributed by atoms with E-state index in [0.29, 0.717) is 6.54 Å². The summed E-state index contributed by atoms with van der Waals surface area (Å²) in [5.74, 6) is 0. The first-order chi connectivity index (χ1) is 5.77. The summed E-state index contributed by atoms with van der Waals surface area (Å²) in [6.07, 6.45) is 0.867. The van der Waals surface area contributed by atoms with Crippen LogP contribution in [0.3, 0.4) is 0 Å². The molecule has 12 heavy (non-hydrogen) atoms. The van der Waals surface area contributed by atoms with Crippen LogP contribution in [0.25, 0.3) is 0 Å². The van der Waals surface area contributed by atoms with Crippen LogP contribution in [0.2, 0.25) is 0 Å². The maximum Gasteiger partial charge on any atom is 0.0682 e. The maximum absolute atomic E-state index is 8.84. The van der Waals surface area contributed by atoms with E-state index in [1.165, 1.54) is 5.56 Å². The summed E-state index contributed by atoms with van der Waals surface area (Å²) in [6.45, 7) is 0.735. The highest BCUT2D eigenvalue weighted by Gasteiger charge is 1.99. The van der Waals surface area contributed by atoms with E-state index in [9.17, 15) is 0 Å². The molecule has 0 atom stereocenters. The molecule has 0 spiro atoms. The Hall–Kier alpha value is -0.380. The monoisotopic (exact) mass is 229 g/mol. The van der Waals surface area contributed by atoms with Gasteiger partial charge in [-0.05, 0) is 30.2 Å². The van der Waals surface area contributed by atoms with Crippen molar-refractivity contribution < 1.29 is 5.11 Å². The van der Waals surface area contributed by atoms with Crippen molar-refractivity contribution in [3.8, 4) is 0 Å². The van der Waals surface area contributed by atoms with Gasteiger partial charge in [0.05, 0.1) is 6.61 Å². The van der Waals surface area contributed by atoms with Gasteiger partial charge in [-0.3, -0.25) is 0 Å². The number of rotatable bonds is 3. The third-order valence-corrected chi connectivity index (χ3v) is 2.45. The predicted molar refractivity (Wildman–Crippen MR) is 52.8 cm³/mol. The minimum atomic E-state index is 0.0848. The average molecular weight is 230 g/mol. The molecule has 0 radical (unpaired) electrons. The van der Waals surface area contributed by atoms with Gasteiger partial charge in [-0.25, -0.2) is 0 Å². The molecule has 0 aliphatic rings. The first-order valence-corrected chi connectivity index (χ1v) is 4.65. The van der Waals surface area contributed by atoms with Gasteiger partial charge in [0.2, 0.25) is 0 Å². The van der Waals surface area contributed by atoms with Gasteiger partial charge in [0, 0.05) is 4.47 Å². The molecule has 0 saturated carbocycles. The highest BCUT2D eigenvalue weighted by molar-refractivity contribution is 9.10. The van der Waals surface area contributed by atoms with Crippen LogP contribution in [0.4, 0.5) is 0 Å². The lowest BCUT2D eigenvalue weighted by Gasteiger charge is -2.03. The summed E-state index contributed by atoms with van der Waals surface area (Å²) in [5.41, 5.74) is 7.54. The smallest absolute Gasteiger partial charge is 0.0682 e. The zero-order valence-corrected chi connectivity index (χ0v) is 8.34. The second-order valence-electron chi connectivity index (χ2n) is 2.62. The van der Waals surface area contributed by atoms with E-state index >= 15 is 0 Å². The lowest BCUT2D eigenvalue weighted by Crippen LogP contribution is -2.03. The summed E-state index contributed by atoms with van der Waals surface area (Å²) in [4.78, 5) is 0. The van der Waals surface area contributed by atoms with Crippen molar-refractivity contribution in [2.75, 3.05) is 6.54 Å². The zero-order chi connectivity index (χ0) is 8.97. The molecule has 0 fully saturated rings. The molecular weight excluding hydrogens is 218 g/mol. The van der Waals surface area contributed by atoms with E-state index < -0.39 is 0 Å².